The highest BCUT2D eigenvalue weighted by Gasteiger charge is 2.18. The maximum absolute atomic E-state index is 11.6. The molecule has 1 heterocycles. The fourth-order valence-corrected chi connectivity index (χ4v) is 1.91. The lowest BCUT2D eigenvalue weighted by Gasteiger charge is -2.10. The topological polar surface area (TPSA) is 101 Å². The zero-order valence-corrected chi connectivity index (χ0v) is 10.6. The first kappa shape index (κ1) is 13.2. The second-order valence-corrected chi connectivity index (χ2v) is 4.38. The molecule has 0 saturated heterocycles. The molecule has 2 aromatic rings. The number of nitro benzene ring substituents is 1. The third-order valence-electron chi connectivity index (χ3n) is 3.06. The van der Waals surface area contributed by atoms with E-state index in [4.69, 9.17) is 0 Å². The summed E-state index contributed by atoms with van der Waals surface area (Å²) in [6.45, 7) is 1.93. The fraction of sp³-hybridized carbons (Fsp3) is 0.333. The number of likely N-dealkylation sites (N-methyl/N-ethyl adjacent to an activating group) is 1. The molecule has 0 aliphatic carbocycles. The number of hydrogen-bond donors (Lipinski definition) is 2. The molecule has 100 valence electrons. The molecular formula is C12H14N4O3. The minimum absolute atomic E-state index is 0.0481. The number of aromatic nitrogens is 2. The van der Waals surface area contributed by atoms with Crippen LogP contribution in [0.25, 0.3) is 10.9 Å². The molecule has 0 aliphatic rings. The van der Waals surface area contributed by atoms with Crippen LogP contribution >= 0.6 is 0 Å². The summed E-state index contributed by atoms with van der Waals surface area (Å²) in [7, 11) is 1.79. The Morgan fingerprint density at radius 3 is 2.89 bits per heavy atom. The molecule has 1 aromatic heterocycles. The van der Waals surface area contributed by atoms with Crippen molar-refractivity contribution in [1.29, 1.82) is 0 Å². The highest BCUT2D eigenvalue weighted by atomic mass is 16.6. The first-order chi connectivity index (χ1) is 9.02. The molecule has 2 N–H and O–H groups in total. The van der Waals surface area contributed by atoms with E-state index in [1.165, 1.54) is 12.4 Å². The minimum Gasteiger partial charge on any atom is -0.317 e. The first-order valence-electron chi connectivity index (χ1n) is 5.85. The van der Waals surface area contributed by atoms with E-state index >= 15 is 0 Å². The molecule has 1 atom stereocenters. The number of rotatable bonds is 4. The van der Waals surface area contributed by atoms with Gasteiger partial charge in [0.1, 0.15) is 0 Å². The van der Waals surface area contributed by atoms with Crippen LogP contribution in [0.1, 0.15) is 12.5 Å². The molecule has 1 aromatic carbocycles. The number of benzene rings is 1. The summed E-state index contributed by atoms with van der Waals surface area (Å²) in [5.74, 6) is 0. The number of nitrogens with one attached hydrogen (secondary N) is 2. The summed E-state index contributed by atoms with van der Waals surface area (Å²) in [6.07, 6.45) is 1.79. The van der Waals surface area contributed by atoms with Gasteiger partial charge in [-0.05, 0) is 26.5 Å². The average Bonchev–Trinajstić information content (AvgIpc) is 2.38. The van der Waals surface area contributed by atoms with Crippen molar-refractivity contribution in [2.45, 2.75) is 19.4 Å². The Morgan fingerprint density at radius 1 is 1.53 bits per heavy atom. The number of fused-ring (bicyclic) bond motifs is 1. The number of H-pyrrole nitrogens is 1. The van der Waals surface area contributed by atoms with Crippen LogP contribution in [0.3, 0.4) is 0 Å². The van der Waals surface area contributed by atoms with Crippen molar-refractivity contribution in [1.82, 2.24) is 15.3 Å². The van der Waals surface area contributed by atoms with Crippen molar-refractivity contribution in [2.24, 2.45) is 0 Å². The van der Waals surface area contributed by atoms with Gasteiger partial charge in [0, 0.05) is 17.7 Å². The van der Waals surface area contributed by atoms with E-state index in [-0.39, 0.29) is 22.7 Å². The van der Waals surface area contributed by atoms with Crippen LogP contribution in [0, 0.1) is 10.1 Å². The number of aromatic amines is 1. The van der Waals surface area contributed by atoms with Gasteiger partial charge in [-0.15, -0.1) is 0 Å². The van der Waals surface area contributed by atoms with Crippen LogP contribution in [-0.2, 0) is 6.42 Å². The summed E-state index contributed by atoms with van der Waals surface area (Å²) in [5, 5.41) is 14.4. The van der Waals surface area contributed by atoms with Crippen molar-refractivity contribution in [3.63, 3.8) is 0 Å². The van der Waals surface area contributed by atoms with Gasteiger partial charge in [-0.1, -0.05) is 0 Å². The Hall–Kier alpha value is -2.28. The number of nitrogens with zero attached hydrogens (tertiary/aromatic N) is 2. The van der Waals surface area contributed by atoms with E-state index in [0.29, 0.717) is 17.5 Å². The van der Waals surface area contributed by atoms with Crippen LogP contribution in [0.2, 0.25) is 0 Å². The smallest absolute Gasteiger partial charge is 0.273 e. The molecule has 1 unspecified atom stereocenters. The first-order valence-corrected chi connectivity index (χ1v) is 5.85. The molecule has 7 heteroatoms. The summed E-state index contributed by atoms with van der Waals surface area (Å²) >= 11 is 0. The van der Waals surface area contributed by atoms with Gasteiger partial charge in [0.2, 0.25) is 0 Å². The van der Waals surface area contributed by atoms with E-state index in [2.05, 4.69) is 15.3 Å². The fourth-order valence-electron chi connectivity index (χ4n) is 1.91. The zero-order valence-electron chi connectivity index (χ0n) is 10.6. The van der Waals surface area contributed by atoms with Gasteiger partial charge < -0.3 is 10.3 Å². The normalized spacial score (nSPS) is 12.5. The summed E-state index contributed by atoms with van der Waals surface area (Å²) in [6, 6.07) is 2.99. The third kappa shape index (κ3) is 2.60. The lowest BCUT2D eigenvalue weighted by Crippen LogP contribution is -2.24. The van der Waals surface area contributed by atoms with E-state index in [1.54, 1.807) is 13.1 Å². The predicted octanol–water partition coefficient (Wildman–Crippen LogP) is 0.982. The highest BCUT2D eigenvalue weighted by molar-refractivity contribution is 5.81. The van der Waals surface area contributed by atoms with Crippen molar-refractivity contribution in [3.05, 3.63) is 44.5 Å². The zero-order chi connectivity index (χ0) is 14.0. The van der Waals surface area contributed by atoms with Crippen molar-refractivity contribution >= 4 is 16.6 Å². The van der Waals surface area contributed by atoms with Gasteiger partial charge in [-0.3, -0.25) is 14.9 Å². The summed E-state index contributed by atoms with van der Waals surface area (Å²) in [5.41, 5.74) is 0.611. The van der Waals surface area contributed by atoms with Gasteiger partial charge in [0.15, 0.2) is 0 Å². The Morgan fingerprint density at radius 2 is 2.26 bits per heavy atom. The molecular weight excluding hydrogens is 248 g/mol. The second-order valence-electron chi connectivity index (χ2n) is 4.38. The van der Waals surface area contributed by atoms with Crippen molar-refractivity contribution in [2.75, 3.05) is 7.05 Å². The van der Waals surface area contributed by atoms with Crippen molar-refractivity contribution < 1.29 is 4.92 Å². The van der Waals surface area contributed by atoms with E-state index < -0.39 is 4.92 Å². The Kier molecular flexibility index (Phi) is 3.57. The molecule has 0 bridgehead atoms. The Balaban J connectivity index is 2.64. The van der Waals surface area contributed by atoms with Crippen LogP contribution in [0.5, 0.6) is 0 Å². The van der Waals surface area contributed by atoms with Gasteiger partial charge in [-0.25, -0.2) is 4.98 Å². The van der Waals surface area contributed by atoms with Gasteiger partial charge in [0.25, 0.3) is 11.2 Å². The monoisotopic (exact) mass is 262 g/mol. The molecule has 0 aliphatic heterocycles. The lowest BCUT2D eigenvalue weighted by atomic mass is 10.0. The SMILES string of the molecule is CNC(C)Cc1cc2nc[nH]c(=O)c2cc1[N+](=O)[O-]. The quantitative estimate of drug-likeness (QED) is 0.632. The molecule has 0 radical (unpaired) electrons. The Bertz CT molecular complexity index is 680. The highest BCUT2D eigenvalue weighted by Crippen LogP contribution is 2.24. The lowest BCUT2D eigenvalue weighted by molar-refractivity contribution is -0.385. The van der Waals surface area contributed by atoms with Gasteiger partial charge >= 0.3 is 0 Å². The Labute approximate surface area is 108 Å². The minimum atomic E-state index is -0.469. The molecule has 0 spiro atoms. The summed E-state index contributed by atoms with van der Waals surface area (Å²) in [4.78, 5) is 28.7. The maximum Gasteiger partial charge on any atom is 0.273 e. The molecule has 0 amide bonds. The largest absolute Gasteiger partial charge is 0.317 e. The average molecular weight is 262 g/mol. The molecule has 2 rings (SSSR count). The second kappa shape index (κ2) is 5.15. The molecule has 7 nitrogen and oxygen atoms in total. The van der Waals surface area contributed by atoms with E-state index in [0.717, 1.165) is 0 Å². The van der Waals surface area contributed by atoms with E-state index in [1.807, 2.05) is 6.92 Å². The number of hydrogen-bond acceptors (Lipinski definition) is 5. The molecule has 19 heavy (non-hydrogen) atoms. The van der Waals surface area contributed by atoms with Crippen LogP contribution < -0.4 is 10.9 Å². The molecule has 0 fully saturated rings. The standard InChI is InChI=1S/C12H14N4O3/c1-7(13-2)3-8-4-10-9(5-11(8)16(18)19)12(17)15-6-14-10/h4-7,13H,3H2,1-2H3,(H,14,15,17). The summed E-state index contributed by atoms with van der Waals surface area (Å²) < 4.78 is 0. The van der Waals surface area contributed by atoms with Crippen LogP contribution in [0.15, 0.2) is 23.3 Å². The van der Waals surface area contributed by atoms with E-state index in [9.17, 15) is 14.9 Å². The maximum atomic E-state index is 11.6. The molecule has 0 saturated carbocycles. The van der Waals surface area contributed by atoms with Gasteiger partial charge in [0.05, 0.1) is 22.2 Å². The number of nitro groups is 1. The van der Waals surface area contributed by atoms with Crippen LogP contribution in [-0.4, -0.2) is 28.0 Å². The van der Waals surface area contributed by atoms with Crippen LogP contribution in [0.4, 0.5) is 5.69 Å². The van der Waals surface area contributed by atoms with Gasteiger partial charge in [-0.2, -0.15) is 0 Å². The predicted molar refractivity (Wildman–Crippen MR) is 71.2 cm³/mol. The third-order valence-corrected chi connectivity index (χ3v) is 3.06. The van der Waals surface area contributed by atoms with Crippen molar-refractivity contribution in [3.8, 4) is 0 Å².